The van der Waals surface area contributed by atoms with E-state index in [4.69, 9.17) is 9.84 Å². The number of rotatable bonds is 4. The lowest BCUT2D eigenvalue weighted by atomic mass is 10.2. The van der Waals surface area contributed by atoms with Gasteiger partial charge in [0.05, 0.1) is 6.61 Å². The molecular weight excluding hydrogens is 248 g/mol. The molecule has 0 saturated carbocycles. The first-order chi connectivity index (χ1) is 9.06. The van der Waals surface area contributed by atoms with Gasteiger partial charge >= 0.3 is 0 Å². The maximum absolute atomic E-state index is 9.44. The molecule has 2 rings (SSSR count). The Morgan fingerprint density at radius 1 is 0.737 bits per heavy atom. The number of benzene rings is 2. The highest BCUT2D eigenvalue weighted by molar-refractivity contribution is 5.39. The minimum atomic E-state index is -0.197. The first kappa shape index (κ1) is 13.0. The van der Waals surface area contributed by atoms with Gasteiger partial charge < -0.3 is 25.2 Å². The molecule has 5 heteroatoms. The quantitative estimate of drug-likeness (QED) is 0.675. The summed E-state index contributed by atoms with van der Waals surface area (Å²) in [7, 11) is 0. The van der Waals surface area contributed by atoms with Crippen LogP contribution in [0.5, 0.6) is 23.0 Å². The summed E-state index contributed by atoms with van der Waals surface area (Å²) in [5, 5.41) is 37.1. The van der Waals surface area contributed by atoms with Gasteiger partial charge in [-0.3, -0.25) is 0 Å². The topological polar surface area (TPSA) is 90.2 Å². The van der Waals surface area contributed by atoms with Crippen molar-refractivity contribution in [2.24, 2.45) is 0 Å². The highest BCUT2D eigenvalue weighted by Crippen LogP contribution is 2.25. The normalized spacial score (nSPS) is 10.4. The molecule has 0 aliphatic heterocycles. The van der Waals surface area contributed by atoms with E-state index >= 15 is 0 Å². The third-order valence-electron chi connectivity index (χ3n) is 2.50. The minimum absolute atomic E-state index is 0.000283. The number of aliphatic hydroxyl groups is 1. The van der Waals surface area contributed by atoms with Crippen LogP contribution in [-0.2, 0) is 13.2 Å². The summed E-state index contributed by atoms with van der Waals surface area (Å²) >= 11 is 0. The molecule has 2 aromatic rings. The van der Waals surface area contributed by atoms with Gasteiger partial charge in [0, 0.05) is 12.1 Å². The van der Waals surface area contributed by atoms with E-state index in [9.17, 15) is 15.3 Å². The van der Waals surface area contributed by atoms with Crippen LogP contribution in [-0.4, -0.2) is 20.4 Å². The van der Waals surface area contributed by atoms with E-state index in [2.05, 4.69) is 0 Å². The summed E-state index contributed by atoms with van der Waals surface area (Å²) < 4.78 is 5.43. The van der Waals surface area contributed by atoms with Gasteiger partial charge in [-0.25, -0.2) is 0 Å². The van der Waals surface area contributed by atoms with Gasteiger partial charge in [-0.05, 0) is 35.4 Å². The van der Waals surface area contributed by atoms with Crippen molar-refractivity contribution in [2.75, 3.05) is 0 Å². The maximum Gasteiger partial charge on any atom is 0.123 e. The lowest BCUT2D eigenvalue weighted by Crippen LogP contribution is -1.96. The van der Waals surface area contributed by atoms with Crippen molar-refractivity contribution in [3.8, 4) is 23.0 Å². The van der Waals surface area contributed by atoms with E-state index in [0.717, 1.165) is 0 Å². The molecule has 0 saturated heterocycles. The SMILES string of the molecule is OCc1cc(O)cc(OCc2cc(O)cc(O)c2)c1. The third kappa shape index (κ3) is 3.53. The number of hydrogen-bond acceptors (Lipinski definition) is 5. The molecule has 0 aliphatic carbocycles. The lowest BCUT2D eigenvalue weighted by molar-refractivity contribution is 0.276. The van der Waals surface area contributed by atoms with E-state index in [0.29, 0.717) is 16.9 Å². The number of phenolic OH excluding ortho intramolecular Hbond substituents is 3. The molecule has 4 N–H and O–H groups in total. The zero-order valence-electron chi connectivity index (χ0n) is 10.1. The standard InChI is InChI=1S/C14H14O5/c15-7-9-1-13(18)6-14(4-9)19-8-10-2-11(16)5-12(17)3-10/h1-6,15-18H,7-8H2. The smallest absolute Gasteiger partial charge is 0.123 e. The van der Waals surface area contributed by atoms with Gasteiger partial charge in [-0.15, -0.1) is 0 Å². The zero-order valence-corrected chi connectivity index (χ0v) is 10.1. The minimum Gasteiger partial charge on any atom is -0.508 e. The van der Waals surface area contributed by atoms with Crippen molar-refractivity contribution >= 4 is 0 Å². The average molecular weight is 262 g/mol. The Labute approximate surface area is 110 Å². The second-order valence-electron chi connectivity index (χ2n) is 4.14. The van der Waals surface area contributed by atoms with E-state index in [-0.39, 0.29) is 30.5 Å². The van der Waals surface area contributed by atoms with Gasteiger partial charge in [-0.1, -0.05) is 0 Å². The fourth-order valence-electron chi connectivity index (χ4n) is 1.72. The van der Waals surface area contributed by atoms with Crippen LogP contribution in [0.3, 0.4) is 0 Å². The summed E-state index contributed by atoms with van der Waals surface area (Å²) in [5.74, 6) is 0.295. The van der Waals surface area contributed by atoms with Gasteiger partial charge in [0.2, 0.25) is 0 Å². The van der Waals surface area contributed by atoms with E-state index < -0.39 is 0 Å². The molecule has 0 unspecified atom stereocenters. The highest BCUT2D eigenvalue weighted by atomic mass is 16.5. The Hall–Kier alpha value is -2.40. The molecule has 2 aromatic carbocycles. The molecule has 0 amide bonds. The molecule has 19 heavy (non-hydrogen) atoms. The Morgan fingerprint density at radius 3 is 1.95 bits per heavy atom. The molecule has 5 nitrogen and oxygen atoms in total. The molecule has 0 aliphatic rings. The summed E-state index contributed by atoms with van der Waals surface area (Å²) in [6.45, 7) is -0.0754. The number of phenols is 3. The Bertz CT molecular complexity index is 560. The van der Waals surface area contributed by atoms with Crippen molar-refractivity contribution in [2.45, 2.75) is 13.2 Å². The molecular formula is C14H14O5. The Morgan fingerprint density at radius 2 is 1.32 bits per heavy atom. The molecule has 0 spiro atoms. The van der Waals surface area contributed by atoms with Crippen LogP contribution >= 0.6 is 0 Å². The molecule has 100 valence electrons. The van der Waals surface area contributed by atoms with Gasteiger partial charge in [0.25, 0.3) is 0 Å². The first-order valence-corrected chi connectivity index (χ1v) is 5.65. The number of ether oxygens (including phenoxy) is 1. The Kier molecular flexibility index (Phi) is 3.77. The first-order valence-electron chi connectivity index (χ1n) is 5.65. The summed E-state index contributed by atoms with van der Waals surface area (Å²) in [5.41, 5.74) is 1.13. The van der Waals surface area contributed by atoms with Crippen molar-refractivity contribution < 1.29 is 25.2 Å². The molecule has 0 heterocycles. The monoisotopic (exact) mass is 262 g/mol. The van der Waals surface area contributed by atoms with Crippen LogP contribution in [0.15, 0.2) is 36.4 Å². The van der Waals surface area contributed by atoms with E-state index in [1.165, 1.54) is 30.3 Å². The molecule has 0 radical (unpaired) electrons. The highest BCUT2D eigenvalue weighted by Gasteiger charge is 2.03. The summed E-state index contributed by atoms with van der Waals surface area (Å²) in [4.78, 5) is 0. The van der Waals surface area contributed by atoms with Gasteiger partial charge in [0.1, 0.15) is 29.6 Å². The second kappa shape index (κ2) is 5.49. The van der Waals surface area contributed by atoms with Crippen molar-refractivity contribution in [3.05, 3.63) is 47.5 Å². The predicted octanol–water partition coefficient (Wildman–Crippen LogP) is 1.87. The third-order valence-corrected chi connectivity index (χ3v) is 2.50. The molecule has 0 fully saturated rings. The molecule has 0 bridgehead atoms. The lowest BCUT2D eigenvalue weighted by Gasteiger charge is -2.09. The fourth-order valence-corrected chi connectivity index (χ4v) is 1.72. The van der Waals surface area contributed by atoms with E-state index in [1.807, 2.05) is 0 Å². The van der Waals surface area contributed by atoms with Crippen LogP contribution in [0.1, 0.15) is 11.1 Å². The second-order valence-corrected chi connectivity index (χ2v) is 4.14. The number of hydrogen-bond donors (Lipinski definition) is 4. The van der Waals surface area contributed by atoms with Gasteiger partial charge in [-0.2, -0.15) is 0 Å². The zero-order chi connectivity index (χ0) is 13.8. The van der Waals surface area contributed by atoms with Crippen LogP contribution in [0.25, 0.3) is 0 Å². The van der Waals surface area contributed by atoms with Crippen LogP contribution in [0.2, 0.25) is 0 Å². The van der Waals surface area contributed by atoms with Crippen molar-refractivity contribution in [1.29, 1.82) is 0 Å². The van der Waals surface area contributed by atoms with Crippen molar-refractivity contribution in [3.63, 3.8) is 0 Å². The van der Waals surface area contributed by atoms with E-state index in [1.54, 1.807) is 6.07 Å². The Balaban J connectivity index is 2.11. The molecule has 0 aromatic heterocycles. The van der Waals surface area contributed by atoms with Crippen LogP contribution in [0, 0.1) is 0 Å². The summed E-state index contributed by atoms with van der Waals surface area (Å²) in [6.07, 6.45) is 0. The van der Waals surface area contributed by atoms with Crippen molar-refractivity contribution in [1.82, 2.24) is 0 Å². The number of aromatic hydroxyl groups is 3. The van der Waals surface area contributed by atoms with Crippen LogP contribution < -0.4 is 4.74 Å². The van der Waals surface area contributed by atoms with Crippen LogP contribution in [0.4, 0.5) is 0 Å². The molecule has 0 atom stereocenters. The number of aliphatic hydroxyl groups excluding tert-OH is 1. The predicted molar refractivity (Wildman–Crippen MR) is 68.1 cm³/mol. The maximum atomic E-state index is 9.44. The largest absolute Gasteiger partial charge is 0.508 e. The fraction of sp³-hybridized carbons (Fsp3) is 0.143. The summed E-state index contributed by atoms with van der Waals surface area (Å²) in [6, 6.07) is 8.61. The van der Waals surface area contributed by atoms with Gasteiger partial charge in [0.15, 0.2) is 0 Å². The average Bonchev–Trinajstić information content (AvgIpc) is 2.34.